The van der Waals surface area contributed by atoms with Crippen molar-refractivity contribution in [2.24, 2.45) is 0 Å². The molecule has 106 valence electrons. The van der Waals surface area contributed by atoms with Gasteiger partial charge in [0.2, 0.25) is 0 Å². The predicted molar refractivity (Wildman–Crippen MR) is 58.6 cm³/mol. The first-order valence-electron chi connectivity index (χ1n) is 5.45. The summed E-state index contributed by atoms with van der Waals surface area (Å²) in [6.07, 6.45) is -4.61. The van der Waals surface area contributed by atoms with E-state index in [1.807, 2.05) is 0 Å². The van der Waals surface area contributed by atoms with Gasteiger partial charge in [-0.25, -0.2) is 8.78 Å². The predicted octanol–water partition coefficient (Wildman–Crippen LogP) is 3.38. The molecular weight excluding hydrogens is 269 g/mol. The smallest absolute Gasteiger partial charge is 0.327 e. The van der Waals surface area contributed by atoms with Crippen LogP contribution in [-0.2, 0) is 0 Å². The molecule has 0 N–H and O–H groups in total. The van der Waals surface area contributed by atoms with Crippen molar-refractivity contribution in [2.45, 2.75) is 26.1 Å². The highest BCUT2D eigenvalue weighted by Crippen LogP contribution is 2.21. The maximum atomic E-state index is 13.4. The number of hydrogen-bond acceptors (Lipinski definition) is 1. The maximum absolute atomic E-state index is 13.4. The van der Waals surface area contributed by atoms with Gasteiger partial charge in [0.25, 0.3) is 5.91 Å². The third kappa shape index (κ3) is 3.90. The Labute approximate surface area is 106 Å². The van der Waals surface area contributed by atoms with Crippen molar-refractivity contribution in [3.05, 3.63) is 35.4 Å². The molecule has 0 aliphatic heterocycles. The van der Waals surface area contributed by atoms with Gasteiger partial charge in [-0.05, 0) is 26.0 Å². The van der Waals surface area contributed by atoms with Crippen LogP contribution in [0.15, 0.2) is 18.2 Å². The average Bonchev–Trinajstić information content (AvgIpc) is 2.27. The summed E-state index contributed by atoms with van der Waals surface area (Å²) >= 11 is 0. The highest BCUT2D eigenvalue weighted by atomic mass is 19.4. The van der Waals surface area contributed by atoms with Gasteiger partial charge < -0.3 is 4.90 Å². The van der Waals surface area contributed by atoms with E-state index in [0.717, 1.165) is 18.2 Å². The molecule has 19 heavy (non-hydrogen) atoms. The molecule has 0 unspecified atom stereocenters. The Hall–Kier alpha value is -1.66. The molecule has 1 aromatic carbocycles. The fraction of sp³-hybridized carbons (Fsp3) is 0.417. The second kappa shape index (κ2) is 5.54. The van der Waals surface area contributed by atoms with E-state index in [2.05, 4.69) is 0 Å². The molecule has 0 atom stereocenters. The molecular formula is C12H12F5NO. The molecule has 0 heterocycles. The van der Waals surface area contributed by atoms with Gasteiger partial charge in [-0.15, -0.1) is 0 Å². The molecule has 0 spiro atoms. The van der Waals surface area contributed by atoms with Crippen molar-refractivity contribution in [1.29, 1.82) is 0 Å². The van der Waals surface area contributed by atoms with E-state index in [0.29, 0.717) is 4.90 Å². The van der Waals surface area contributed by atoms with Crippen LogP contribution in [0.25, 0.3) is 0 Å². The van der Waals surface area contributed by atoms with E-state index in [9.17, 15) is 26.7 Å². The number of benzene rings is 1. The van der Waals surface area contributed by atoms with Crippen LogP contribution >= 0.6 is 0 Å². The van der Waals surface area contributed by atoms with Crippen LogP contribution in [0.1, 0.15) is 24.2 Å². The minimum absolute atomic E-state index is 0.442. The fourth-order valence-corrected chi connectivity index (χ4v) is 1.51. The lowest BCUT2D eigenvalue weighted by Gasteiger charge is -2.27. The van der Waals surface area contributed by atoms with Crippen LogP contribution in [0, 0.1) is 11.6 Å². The summed E-state index contributed by atoms with van der Waals surface area (Å²) in [7, 11) is 0. The van der Waals surface area contributed by atoms with Crippen LogP contribution in [-0.4, -0.2) is 29.6 Å². The van der Waals surface area contributed by atoms with Crippen LogP contribution in [0.5, 0.6) is 0 Å². The Morgan fingerprint density at radius 1 is 1.26 bits per heavy atom. The Balaban J connectivity index is 3.10. The summed E-state index contributed by atoms with van der Waals surface area (Å²) in [5, 5.41) is 0. The summed E-state index contributed by atoms with van der Waals surface area (Å²) in [4.78, 5) is 12.3. The number of carbonyl (C=O) groups is 1. The molecule has 0 aliphatic rings. The third-order valence-corrected chi connectivity index (χ3v) is 2.42. The van der Waals surface area contributed by atoms with Crippen molar-refractivity contribution in [1.82, 2.24) is 4.90 Å². The van der Waals surface area contributed by atoms with Crippen molar-refractivity contribution in [3.63, 3.8) is 0 Å². The van der Waals surface area contributed by atoms with Gasteiger partial charge in [0.05, 0.1) is 5.56 Å². The average molecular weight is 281 g/mol. The Kier molecular flexibility index (Phi) is 4.49. The zero-order valence-electron chi connectivity index (χ0n) is 10.3. The zero-order valence-corrected chi connectivity index (χ0v) is 10.3. The second-order valence-electron chi connectivity index (χ2n) is 4.24. The topological polar surface area (TPSA) is 20.3 Å². The van der Waals surface area contributed by atoms with Gasteiger partial charge in [-0.3, -0.25) is 4.79 Å². The summed E-state index contributed by atoms with van der Waals surface area (Å²) in [5.41, 5.74) is -0.710. The summed E-state index contributed by atoms with van der Waals surface area (Å²) in [6.45, 7) is 1.21. The van der Waals surface area contributed by atoms with E-state index in [4.69, 9.17) is 0 Å². The van der Waals surface area contributed by atoms with Gasteiger partial charge >= 0.3 is 6.18 Å². The third-order valence-electron chi connectivity index (χ3n) is 2.42. The molecule has 1 aromatic rings. The van der Waals surface area contributed by atoms with Gasteiger partial charge in [0, 0.05) is 6.04 Å². The van der Waals surface area contributed by atoms with Crippen LogP contribution in [0.3, 0.4) is 0 Å². The number of halogens is 5. The van der Waals surface area contributed by atoms with Crippen LogP contribution in [0.2, 0.25) is 0 Å². The standard InChI is InChI=1S/C12H12F5NO/c1-7(2)18(6-12(15,16)17)11(19)8-4-3-5-9(13)10(8)14/h3-5,7H,6H2,1-2H3. The fourth-order valence-electron chi connectivity index (χ4n) is 1.51. The van der Waals surface area contributed by atoms with Crippen molar-refractivity contribution in [3.8, 4) is 0 Å². The molecule has 0 bridgehead atoms. The van der Waals surface area contributed by atoms with Gasteiger partial charge in [0.15, 0.2) is 11.6 Å². The number of hydrogen-bond donors (Lipinski definition) is 0. The van der Waals surface area contributed by atoms with Crippen molar-refractivity contribution >= 4 is 5.91 Å². The first-order chi connectivity index (χ1) is 8.63. The van der Waals surface area contributed by atoms with Crippen molar-refractivity contribution in [2.75, 3.05) is 6.54 Å². The molecule has 0 radical (unpaired) electrons. The Morgan fingerprint density at radius 3 is 2.32 bits per heavy atom. The van der Waals surface area contributed by atoms with Gasteiger partial charge in [-0.1, -0.05) is 6.07 Å². The highest BCUT2D eigenvalue weighted by molar-refractivity contribution is 5.94. The zero-order chi connectivity index (χ0) is 14.8. The largest absolute Gasteiger partial charge is 0.406 e. The molecule has 7 heteroatoms. The Bertz CT molecular complexity index is 470. The molecule has 1 amide bonds. The van der Waals surface area contributed by atoms with E-state index >= 15 is 0 Å². The summed E-state index contributed by atoms with van der Waals surface area (Å²) < 4.78 is 63.5. The Morgan fingerprint density at radius 2 is 1.84 bits per heavy atom. The SMILES string of the molecule is CC(C)N(CC(F)(F)F)C(=O)c1cccc(F)c1F. The summed E-state index contributed by atoms with van der Waals surface area (Å²) in [6, 6.07) is 2.01. The van der Waals surface area contributed by atoms with E-state index < -0.39 is 41.9 Å². The number of nitrogens with zero attached hydrogens (tertiary/aromatic N) is 1. The second-order valence-corrected chi connectivity index (χ2v) is 4.24. The lowest BCUT2D eigenvalue weighted by atomic mass is 10.1. The first kappa shape index (κ1) is 15.4. The van der Waals surface area contributed by atoms with Gasteiger partial charge in [-0.2, -0.15) is 13.2 Å². The lowest BCUT2D eigenvalue weighted by molar-refractivity contribution is -0.143. The van der Waals surface area contributed by atoms with Crippen LogP contribution in [0.4, 0.5) is 22.0 Å². The number of carbonyl (C=O) groups excluding carboxylic acids is 1. The molecule has 2 nitrogen and oxygen atoms in total. The monoisotopic (exact) mass is 281 g/mol. The van der Waals surface area contributed by atoms with Crippen LogP contribution < -0.4 is 0 Å². The lowest BCUT2D eigenvalue weighted by Crippen LogP contribution is -2.43. The maximum Gasteiger partial charge on any atom is 0.406 e. The minimum atomic E-state index is -4.61. The van der Waals surface area contributed by atoms with Crippen molar-refractivity contribution < 1.29 is 26.7 Å². The molecule has 1 rings (SSSR count). The first-order valence-corrected chi connectivity index (χ1v) is 5.45. The highest BCUT2D eigenvalue weighted by Gasteiger charge is 2.35. The number of rotatable bonds is 3. The molecule has 0 aliphatic carbocycles. The molecule has 0 saturated carbocycles. The van der Waals surface area contributed by atoms with E-state index in [1.165, 1.54) is 13.8 Å². The molecule has 0 fully saturated rings. The summed E-state index contributed by atoms with van der Waals surface area (Å²) in [5.74, 6) is -3.91. The quantitative estimate of drug-likeness (QED) is 0.778. The molecule has 0 saturated heterocycles. The normalized spacial score (nSPS) is 11.8. The number of amides is 1. The van der Waals surface area contributed by atoms with E-state index in [-0.39, 0.29) is 0 Å². The van der Waals surface area contributed by atoms with Gasteiger partial charge in [0.1, 0.15) is 6.54 Å². The number of alkyl halides is 3. The molecule has 0 aromatic heterocycles. The van der Waals surface area contributed by atoms with E-state index in [1.54, 1.807) is 0 Å². The minimum Gasteiger partial charge on any atom is -0.327 e.